The number of ether oxygens (including phenoxy) is 1. The second-order valence-corrected chi connectivity index (χ2v) is 4.32. The smallest absolute Gasteiger partial charge is 0.356 e. The van der Waals surface area contributed by atoms with Gasteiger partial charge in [-0.15, -0.1) is 0 Å². The minimum atomic E-state index is -0.347. The summed E-state index contributed by atoms with van der Waals surface area (Å²) in [5.41, 5.74) is 1.29. The molecular formula is C12H22N4O2. The van der Waals surface area contributed by atoms with Gasteiger partial charge >= 0.3 is 5.97 Å². The summed E-state index contributed by atoms with van der Waals surface area (Å²) >= 11 is 0. The van der Waals surface area contributed by atoms with Crippen LogP contribution in [0.5, 0.6) is 0 Å². The quantitative estimate of drug-likeness (QED) is 0.526. The topological polar surface area (TPSA) is 70.2 Å². The summed E-state index contributed by atoms with van der Waals surface area (Å²) in [5, 5.41) is 9.84. The molecule has 0 unspecified atom stereocenters. The molecule has 0 aliphatic heterocycles. The second-order valence-electron chi connectivity index (χ2n) is 4.32. The van der Waals surface area contributed by atoms with E-state index in [1.54, 1.807) is 13.1 Å². The number of carbonyl (C=O) groups is 1. The second kappa shape index (κ2) is 7.84. The number of aromatic nitrogens is 2. The summed E-state index contributed by atoms with van der Waals surface area (Å²) in [6, 6.07) is 0. The molecule has 102 valence electrons. The lowest BCUT2D eigenvalue weighted by Crippen LogP contribution is -2.21. The Morgan fingerprint density at radius 1 is 1.56 bits per heavy atom. The molecule has 0 fully saturated rings. The van der Waals surface area contributed by atoms with Crippen molar-refractivity contribution < 1.29 is 9.53 Å². The maximum atomic E-state index is 11.6. The zero-order valence-electron chi connectivity index (χ0n) is 11.3. The molecule has 1 heterocycles. The van der Waals surface area contributed by atoms with E-state index in [2.05, 4.69) is 34.5 Å². The van der Waals surface area contributed by atoms with E-state index in [-0.39, 0.29) is 5.97 Å². The highest BCUT2D eigenvalue weighted by atomic mass is 16.5. The Labute approximate surface area is 108 Å². The fraction of sp³-hybridized carbons (Fsp3) is 0.667. The number of esters is 1. The Morgan fingerprint density at radius 2 is 2.33 bits per heavy atom. The van der Waals surface area contributed by atoms with Gasteiger partial charge in [0.1, 0.15) is 5.69 Å². The molecule has 0 saturated heterocycles. The zero-order chi connectivity index (χ0) is 13.4. The average Bonchev–Trinajstić information content (AvgIpc) is 2.77. The number of carbonyl (C=O) groups excluding carboxylic acids is 1. The van der Waals surface area contributed by atoms with Crippen molar-refractivity contribution >= 4 is 5.97 Å². The number of nitrogens with zero attached hydrogens (tertiary/aromatic N) is 2. The van der Waals surface area contributed by atoms with Crippen LogP contribution < -0.4 is 5.32 Å². The Balaban J connectivity index is 2.34. The molecule has 18 heavy (non-hydrogen) atoms. The molecule has 0 aliphatic rings. The van der Waals surface area contributed by atoms with Crippen LogP contribution in [0.3, 0.4) is 0 Å². The molecular weight excluding hydrogens is 232 g/mol. The lowest BCUT2D eigenvalue weighted by molar-refractivity contribution is 0.0518. The van der Waals surface area contributed by atoms with Crippen LogP contribution >= 0.6 is 0 Å². The van der Waals surface area contributed by atoms with E-state index < -0.39 is 0 Å². The maximum absolute atomic E-state index is 11.6. The van der Waals surface area contributed by atoms with Gasteiger partial charge in [-0.05, 0) is 40.5 Å². The zero-order valence-corrected chi connectivity index (χ0v) is 11.3. The van der Waals surface area contributed by atoms with Crippen molar-refractivity contribution in [2.75, 3.05) is 33.8 Å². The molecule has 0 radical (unpaired) electrons. The lowest BCUT2D eigenvalue weighted by Gasteiger charge is -2.09. The van der Waals surface area contributed by atoms with Crippen LogP contribution in [0.1, 0.15) is 29.4 Å². The fourth-order valence-electron chi connectivity index (χ4n) is 1.57. The van der Waals surface area contributed by atoms with E-state index in [4.69, 9.17) is 4.74 Å². The highest BCUT2D eigenvalue weighted by Crippen LogP contribution is 2.06. The number of hydrogen-bond donors (Lipinski definition) is 2. The van der Waals surface area contributed by atoms with E-state index in [0.717, 1.165) is 25.1 Å². The van der Waals surface area contributed by atoms with Gasteiger partial charge in [0, 0.05) is 12.1 Å². The summed E-state index contributed by atoms with van der Waals surface area (Å²) in [6.45, 7) is 4.73. The van der Waals surface area contributed by atoms with Gasteiger partial charge in [0.15, 0.2) is 0 Å². The minimum Gasteiger partial charge on any atom is -0.461 e. The molecule has 0 bridgehead atoms. The molecule has 1 rings (SSSR count). The van der Waals surface area contributed by atoms with Gasteiger partial charge in [0.25, 0.3) is 0 Å². The number of nitrogens with one attached hydrogen (secondary N) is 2. The van der Waals surface area contributed by atoms with Crippen LogP contribution in [0.4, 0.5) is 0 Å². The molecule has 1 aromatic rings. The average molecular weight is 254 g/mol. The van der Waals surface area contributed by atoms with Crippen molar-refractivity contribution in [1.82, 2.24) is 20.4 Å². The first-order chi connectivity index (χ1) is 8.65. The molecule has 0 amide bonds. The first-order valence-electron chi connectivity index (χ1n) is 6.20. The summed E-state index contributed by atoms with van der Waals surface area (Å²) in [7, 11) is 4.10. The Kier molecular flexibility index (Phi) is 6.38. The molecule has 0 aliphatic carbocycles. The number of aromatic amines is 1. The van der Waals surface area contributed by atoms with Crippen LogP contribution in [0, 0.1) is 0 Å². The highest BCUT2D eigenvalue weighted by molar-refractivity contribution is 5.88. The summed E-state index contributed by atoms with van der Waals surface area (Å²) in [4.78, 5) is 13.7. The van der Waals surface area contributed by atoms with Gasteiger partial charge in [-0.1, -0.05) is 0 Å². The SMILES string of the molecule is CCOC(=O)c1[nH]ncc1CNCCCN(C)C. The third kappa shape index (κ3) is 4.85. The molecule has 6 nitrogen and oxygen atoms in total. The summed E-state index contributed by atoms with van der Waals surface area (Å²) in [5.74, 6) is -0.347. The van der Waals surface area contributed by atoms with E-state index in [9.17, 15) is 4.79 Å². The Hall–Kier alpha value is -1.40. The van der Waals surface area contributed by atoms with Crippen molar-refractivity contribution in [2.45, 2.75) is 19.9 Å². The van der Waals surface area contributed by atoms with E-state index >= 15 is 0 Å². The molecule has 2 N–H and O–H groups in total. The molecule has 1 aromatic heterocycles. The van der Waals surface area contributed by atoms with Crippen molar-refractivity contribution in [1.29, 1.82) is 0 Å². The van der Waals surface area contributed by atoms with Crippen LogP contribution in [0.15, 0.2) is 6.20 Å². The van der Waals surface area contributed by atoms with Crippen LogP contribution in [-0.2, 0) is 11.3 Å². The highest BCUT2D eigenvalue weighted by Gasteiger charge is 2.14. The third-order valence-corrected chi connectivity index (χ3v) is 2.47. The molecule has 0 aromatic carbocycles. The van der Waals surface area contributed by atoms with Gasteiger partial charge in [0.2, 0.25) is 0 Å². The van der Waals surface area contributed by atoms with Crippen LogP contribution in [0.2, 0.25) is 0 Å². The Bertz CT molecular complexity index is 363. The largest absolute Gasteiger partial charge is 0.461 e. The predicted octanol–water partition coefficient (Wildman–Crippen LogP) is 0.628. The van der Waals surface area contributed by atoms with E-state index in [0.29, 0.717) is 18.8 Å². The first kappa shape index (κ1) is 14.7. The van der Waals surface area contributed by atoms with Gasteiger partial charge in [0.05, 0.1) is 12.8 Å². The molecule has 6 heteroatoms. The number of hydrogen-bond acceptors (Lipinski definition) is 5. The van der Waals surface area contributed by atoms with Crippen LogP contribution in [-0.4, -0.2) is 54.9 Å². The van der Waals surface area contributed by atoms with Crippen molar-refractivity contribution in [3.63, 3.8) is 0 Å². The van der Waals surface area contributed by atoms with Gasteiger partial charge in [-0.25, -0.2) is 4.79 Å². The third-order valence-electron chi connectivity index (χ3n) is 2.47. The monoisotopic (exact) mass is 254 g/mol. The Morgan fingerprint density at radius 3 is 3.00 bits per heavy atom. The molecule has 0 spiro atoms. The van der Waals surface area contributed by atoms with Crippen molar-refractivity contribution in [3.8, 4) is 0 Å². The molecule has 0 atom stereocenters. The molecule has 0 saturated carbocycles. The van der Waals surface area contributed by atoms with Gasteiger partial charge in [-0.2, -0.15) is 5.10 Å². The van der Waals surface area contributed by atoms with Gasteiger partial charge < -0.3 is 15.0 Å². The van der Waals surface area contributed by atoms with Crippen molar-refractivity contribution in [2.24, 2.45) is 0 Å². The summed E-state index contributed by atoms with van der Waals surface area (Å²) < 4.78 is 4.94. The van der Waals surface area contributed by atoms with Crippen LogP contribution in [0.25, 0.3) is 0 Å². The normalized spacial score (nSPS) is 10.9. The van der Waals surface area contributed by atoms with Gasteiger partial charge in [-0.3, -0.25) is 5.10 Å². The fourth-order valence-corrected chi connectivity index (χ4v) is 1.57. The maximum Gasteiger partial charge on any atom is 0.356 e. The van der Waals surface area contributed by atoms with E-state index in [1.807, 2.05) is 0 Å². The van der Waals surface area contributed by atoms with Crippen molar-refractivity contribution in [3.05, 3.63) is 17.5 Å². The summed E-state index contributed by atoms with van der Waals surface area (Å²) in [6.07, 6.45) is 2.73. The predicted molar refractivity (Wildman–Crippen MR) is 69.4 cm³/mol. The first-order valence-corrected chi connectivity index (χ1v) is 6.20. The van der Waals surface area contributed by atoms with E-state index in [1.165, 1.54) is 0 Å². The minimum absolute atomic E-state index is 0.347. The number of H-pyrrole nitrogens is 1. The standard InChI is InChI=1S/C12H22N4O2/c1-4-18-12(17)11-10(9-14-15-11)8-13-6-5-7-16(2)3/h9,13H,4-8H2,1-3H3,(H,14,15). The lowest BCUT2D eigenvalue weighted by atomic mass is 10.2. The number of rotatable bonds is 8.